The number of carbonyl (C=O) groups excluding carboxylic acids is 1. The zero-order chi connectivity index (χ0) is 16.8. The van der Waals surface area contributed by atoms with Crippen LogP contribution in [0.5, 0.6) is 0 Å². The molecular weight excluding hydrogens is 298 g/mol. The fourth-order valence-corrected chi connectivity index (χ4v) is 2.91. The molecule has 2 rings (SSSR count). The Hall–Kier alpha value is -2.15. The monoisotopic (exact) mass is 321 g/mol. The van der Waals surface area contributed by atoms with Gasteiger partial charge in [0, 0.05) is 38.3 Å². The van der Waals surface area contributed by atoms with Crippen LogP contribution >= 0.6 is 0 Å². The van der Waals surface area contributed by atoms with Crippen molar-refractivity contribution in [1.29, 1.82) is 0 Å². The van der Waals surface area contributed by atoms with E-state index in [2.05, 4.69) is 4.90 Å². The number of nitro benzene ring substituents is 1. The van der Waals surface area contributed by atoms with Crippen LogP contribution in [0.2, 0.25) is 0 Å². The number of hydrogen-bond donors (Lipinski definition) is 1. The summed E-state index contributed by atoms with van der Waals surface area (Å²) in [6, 6.07) is 4.47. The number of piperidine rings is 1. The van der Waals surface area contributed by atoms with Crippen LogP contribution in [-0.4, -0.2) is 53.6 Å². The van der Waals surface area contributed by atoms with Crippen molar-refractivity contribution in [2.45, 2.75) is 26.2 Å². The van der Waals surface area contributed by atoms with E-state index in [4.69, 9.17) is 5.11 Å². The Kier molecular flexibility index (Phi) is 5.92. The first-order valence-corrected chi connectivity index (χ1v) is 8.02. The second-order valence-corrected chi connectivity index (χ2v) is 5.61. The molecule has 126 valence electrons. The zero-order valence-electron chi connectivity index (χ0n) is 13.4. The summed E-state index contributed by atoms with van der Waals surface area (Å²) in [7, 11) is 0. The first-order chi connectivity index (χ1) is 11.1. The van der Waals surface area contributed by atoms with Gasteiger partial charge in [-0.05, 0) is 32.3 Å². The molecule has 1 saturated heterocycles. The molecule has 1 aliphatic rings. The van der Waals surface area contributed by atoms with E-state index < -0.39 is 4.92 Å². The van der Waals surface area contributed by atoms with Crippen molar-refractivity contribution in [3.8, 4) is 0 Å². The maximum atomic E-state index is 12.8. The van der Waals surface area contributed by atoms with Crippen LogP contribution in [0.3, 0.4) is 0 Å². The molecule has 0 aromatic heterocycles. The van der Waals surface area contributed by atoms with Crippen molar-refractivity contribution in [2.75, 3.05) is 37.7 Å². The minimum Gasteiger partial charge on any atom is -0.395 e. The minimum absolute atomic E-state index is 0.0887. The molecule has 0 atom stereocenters. The number of aliphatic hydroxyl groups excluding tert-OH is 1. The van der Waals surface area contributed by atoms with E-state index in [-0.39, 0.29) is 24.7 Å². The molecule has 0 bridgehead atoms. The van der Waals surface area contributed by atoms with E-state index in [0.717, 1.165) is 31.6 Å². The van der Waals surface area contributed by atoms with Crippen molar-refractivity contribution in [3.63, 3.8) is 0 Å². The molecule has 1 fully saturated rings. The molecule has 0 aliphatic carbocycles. The predicted octanol–water partition coefficient (Wildman–Crippen LogP) is 2.04. The maximum absolute atomic E-state index is 12.8. The smallest absolute Gasteiger partial charge is 0.270 e. The lowest BCUT2D eigenvalue weighted by molar-refractivity contribution is -0.384. The van der Waals surface area contributed by atoms with Crippen molar-refractivity contribution >= 4 is 17.3 Å². The van der Waals surface area contributed by atoms with Gasteiger partial charge in [0.1, 0.15) is 0 Å². The zero-order valence-corrected chi connectivity index (χ0v) is 13.4. The van der Waals surface area contributed by atoms with E-state index in [0.29, 0.717) is 12.1 Å². The number of carbonyl (C=O) groups is 1. The number of hydrogen-bond acceptors (Lipinski definition) is 5. The molecule has 1 heterocycles. The number of rotatable bonds is 6. The first-order valence-electron chi connectivity index (χ1n) is 8.02. The fourth-order valence-electron chi connectivity index (χ4n) is 2.91. The van der Waals surface area contributed by atoms with Crippen molar-refractivity contribution in [3.05, 3.63) is 33.9 Å². The number of benzene rings is 1. The van der Waals surface area contributed by atoms with Crippen LogP contribution < -0.4 is 4.90 Å². The number of likely N-dealkylation sites (N-methyl/N-ethyl adjacent to an activating group) is 1. The fraction of sp³-hybridized carbons (Fsp3) is 0.562. The Labute approximate surface area is 135 Å². The highest BCUT2D eigenvalue weighted by molar-refractivity contribution is 6.00. The molecule has 0 spiro atoms. The second kappa shape index (κ2) is 7.92. The highest BCUT2D eigenvalue weighted by Gasteiger charge is 2.24. The Morgan fingerprint density at radius 3 is 2.61 bits per heavy atom. The Balaban J connectivity index is 2.41. The van der Waals surface area contributed by atoms with Crippen LogP contribution in [-0.2, 0) is 0 Å². The number of anilines is 1. The minimum atomic E-state index is -0.487. The van der Waals surface area contributed by atoms with Gasteiger partial charge in [0.05, 0.1) is 22.8 Å². The molecule has 0 saturated carbocycles. The van der Waals surface area contributed by atoms with Gasteiger partial charge in [-0.15, -0.1) is 0 Å². The molecule has 23 heavy (non-hydrogen) atoms. The van der Waals surface area contributed by atoms with Gasteiger partial charge in [-0.1, -0.05) is 0 Å². The summed E-state index contributed by atoms with van der Waals surface area (Å²) in [5.41, 5.74) is 1.00. The van der Waals surface area contributed by atoms with Crippen molar-refractivity contribution in [2.24, 2.45) is 0 Å². The molecule has 0 radical (unpaired) electrons. The predicted molar refractivity (Wildman–Crippen MR) is 87.8 cm³/mol. The normalized spacial score (nSPS) is 14.6. The van der Waals surface area contributed by atoms with Crippen molar-refractivity contribution in [1.82, 2.24) is 4.90 Å². The topological polar surface area (TPSA) is 86.9 Å². The quantitative estimate of drug-likeness (QED) is 0.640. The van der Waals surface area contributed by atoms with Crippen LogP contribution in [0.15, 0.2) is 18.2 Å². The van der Waals surface area contributed by atoms with Crippen molar-refractivity contribution < 1.29 is 14.8 Å². The third kappa shape index (κ3) is 3.98. The Morgan fingerprint density at radius 2 is 2.04 bits per heavy atom. The summed E-state index contributed by atoms with van der Waals surface area (Å²) in [6.45, 7) is 4.06. The number of amides is 1. The van der Waals surface area contributed by atoms with Gasteiger partial charge in [-0.25, -0.2) is 0 Å². The highest BCUT2D eigenvalue weighted by Crippen LogP contribution is 2.29. The SMILES string of the molecule is CCN(CCO)C(=O)c1cc([N+](=O)[O-])ccc1N1CCCCC1. The lowest BCUT2D eigenvalue weighted by Gasteiger charge is -2.31. The van der Waals surface area contributed by atoms with E-state index in [9.17, 15) is 14.9 Å². The third-order valence-electron chi connectivity index (χ3n) is 4.16. The third-order valence-corrected chi connectivity index (χ3v) is 4.16. The first kappa shape index (κ1) is 17.2. The lowest BCUT2D eigenvalue weighted by Crippen LogP contribution is -2.36. The summed E-state index contributed by atoms with van der Waals surface area (Å²) < 4.78 is 0. The summed E-state index contributed by atoms with van der Waals surface area (Å²) in [6.07, 6.45) is 3.27. The molecule has 1 N–H and O–H groups in total. The lowest BCUT2D eigenvalue weighted by atomic mass is 10.1. The molecule has 7 nitrogen and oxygen atoms in total. The summed E-state index contributed by atoms with van der Waals surface area (Å²) in [5, 5.41) is 20.2. The highest BCUT2D eigenvalue weighted by atomic mass is 16.6. The number of nitro groups is 1. The van der Waals surface area contributed by atoms with E-state index >= 15 is 0 Å². The molecule has 1 amide bonds. The standard InChI is InChI=1S/C16H23N3O4/c1-2-17(10-11-20)16(21)14-12-13(19(22)23)6-7-15(14)18-8-4-3-5-9-18/h6-7,12,20H,2-5,8-11H2,1H3. The average Bonchev–Trinajstić information content (AvgIpc) is 2.59. The van der Waals surface area contributed by atoms with Gasteiger partial charge in [0.2, 0.25) is 0 Å². The number of nitrogens with zero attached hydrogens (tertiary/aromatic N) is 3. The summed E-state index contributed by atoms with van der Waals surface area (Å²) >= 11 is 0. The van der Waals surface area contributed by atoms with E-state index in [1.807, 2.05) is 6.92 Å². The van der Waals surface area contributed by atoms with Gasteiger partial charge in [0.25, 0.3) is 11.6 Å². The summed E-state index contributed by atoms with van der Waals surface area (Å²) in [4.78, 5) is 27.0. The molecular formula is C16H23N3O4. The Bertz CT molecular complexity index is 570. The summed E-state index contributed by atoms with van der Waals surface area (Å²) in [5.74, 6) is -0.272. The molecule has 1 aromatic carbocycles. The largest absolute Gasteiger partial charge is 0.395 e. The maximum Gasteiger partial charge on any atom is 0.270 e. The van der Waals surface area contributed by atoms with Gasteiger partial charge in [-0.2, -0.15) is 0 Å². The van der Waals surface area contributed by atoms with Crippen LogP contribution in [0.4, 0.5) is 11.4 Å². The van der Waals surface area contributed by atoms with Gasteiger partial charge < -0.3 is 14.9 Å². The van der Waals surface area contributed by atoms with Gasteiger partial charge in [0.15, 0.2) is 0 Å². The molecule has 0 unspecified atom stereocenters. The van der Waals surface area contributed by atoms with Crippen LogP contribution in [0.25, 0.3) is 0 Å². The number of non-ortho nitro benzene ring substituents is 1. The van der Waals surface area contributed by atoms with E-state index in [1.54, 1.807) is 6.07 Å². The van der Waals surface area contributed by atoms with Gasteiger partial charge >= 0.3 is 0 Å². The molecule has 7 heteroatoms. The van der Waals surface area contributed by atoms with Crippen LogP contribution in [0.1, 0.15) is 36.5 Å². The average molecular weight is 321 g/mol. The molecule has 1 aromatic rings. The van der Waals surface area contributed by atoms with E-state index in [1.165, 1.54) is 23.5 Å². The Morgan fingerprint density at radius 1 is 1.35 bits per heavy atom. The second-order valence-electron chi connectivity index (χ2n) is 5.61. The number of aliphatic hydroxyl groups is 1. The molecule has 1 aliphatic heterocycles. The van der Waals surface area contributed by atoms with Gasteiger partial charge in [-0.3, -0.25) is 14.9 Å². The van der Waals surface area contributed by atoms with Crippen LogP contribution in [0, 0.1) is 10.1 Å².